The molecule has 0 fully saturated rings. The molecule has 0 bridgehead atoms. The first-order chi connectivity index (χ1) is 6.38. The van der Waals surface area contributed by atoms with Gasteiger partial charge in [0.1, 0.15) is 0 Å². The predicted molar refractivity (Wildman–Crippen MR) is 60.5 cm³/mol. The van der Waals surface area contributed by atoms with E-state index in [1.807, 2.05) is 12.1 Å². The van der Waals surface area contributed by atoms with Gasteiger partial charge in [-0.3, -0.25) is 0 Å². The van der Waals surface area contributed by atoms with Gasteiger partial charge in [0.05, 0.1) is 11.1 Å². The summed E-state index contributed by atoms with van der Waals surface area (Å²) in [6.07, 6.45) is 1.30. The van der Waals surface area contributed by atoms with Crippen LogP contribution in [0, 0.1) is 0 Å². The van der Waals surface area contributed by atoms with Gasteiger partial charge in [0.2, 0.25) is 0 Å². The highest BCUT2D eigenvalue weighted by Gasteiger charge is 2.12. The maximum Gasteiger partial charge on any atom is 0.0965 e. The van der Waals surface area contributed by atoms with Gasteiger partial charge in [0.15, 0.2) is 0 Å². The van der Waals surface area contributed by atoms with Gasteiger partial charge in [-0.25, -0.2) is 4.98 Å². The second-order valence-corrected chi connectivity index (χ2v) is 6.17. The van der Waals surface area contributed by atoms with Crippen molar-refractivity contribution in [2.24, 2.45) is 0 Å². The van der Waals surface area contributed by atoms with E-state index in [0.717, 1.165) is 10.6 Å². The van der Waals surface area contributed by atoms with Crippen molar-refractivity contribution in [1.29, 1.82) is 0 Å². The molecule has 1 aromatic rings. The lowest BCUT2D eigenvalue weighted by Gasteiger charge is -2.16. The third kappa shape index (κ3) is 3.68. The molecule has 0 aliphatic rings. The Bertz CT molecular complexity index is 287. The summed E-state index contributed by atoms with van der Waals surface area (Å²) < 4.78 is 0.180. The third-order valence-corrected chi connectivity index (χ3v) is 2.72. The average molecular weight is 211 g/mol. The predicted octanol–water partition coefficient (Wildman–Crippen LogP) is 3.03. The summed E-state index contributed by atoms with van der Waals surface area (Å²) >= 11 is 1.73. The summed E-state index contributed by atoms with van der Waals surface area (Å²) in [5.41, 5.74) is 0.864. The van der Waals surface area contributed by atoms with Crippen molar-refractivity contribution >= 4 is 11.8 Å². The summed E-state index contributed by atoms with van der Waals surface area (Å²) in [5, 5.41) is 10.3. The number of hydrogen-bond acceptors (Lipinski definition) is 3. The Kier molecular flexibility index (Phi) is 3.56. The molecule has 1 unspecified atom stereocenters. The third-order valence-electron chi connectivity index (χ3n) is 1.65. The summed E-state index contributed by atoms with van der Waals surface area (Å²) in [7, 11) is 0. The van der Waals surface area contributed by atoms with E-state index in [4.69, 9.17) is 0 Å². The van der Waals surface area contributed by atoms with Crippen LogP contribution < -0.4 is 0 Å². The summed E-state index contributed by atoms with van der Waals surface area (Å²) in [4.78, 5) is 4.29. The van der Waals surface area contributed by atoms with Crippen LogP contribution in [0.1, 0.15) is 39.4 Å². The zero-order valence-electron chi connectivity index (χ0n) is 9.11. The van der Waals surface area contributed by atoms with Crippen molar-refractivity contribution in [3.05, 3.63) is 23.9 Å². The molecule has 1 aromatic heterocycles. The first kappa shape index (κ1) is 11.5. The van der Waals surface area contributed by atoms with Crippen molar-refractivity contribution in [2.45, 2.75) is 43.6 Å². The Labute approximate surface area is 89.8 Å². The number of aliphatic hydroxyl groups is 1. The van der Waals surface area contributed by atoms with Crippen LogP contribution in [-0.2, 0) is 0 Å². The zero-order valence-corrected chi connectivity index (χ0v) is 9.93. The van der Waals surface area contributed by atoms with E-state index in [1.165, 1.54) is 0 Å². The molecule has 78 valence electrons. The minimum atomic E-state index is -0.434. The number of rotatable bonds is 2. The highest BCUT2D eigenvalue weighted by Crippen LogP contribution is 2.30. The molecule has 0 aliphatic carbocycles. The molecule has 0 aliphatic heterocycles. The van der Waals surface area contributed by atoms with Crippen molar-refractivity contribution in [2.75, 3.05) is 0 Å². The van der Waals surface area contributed by atoms with Crippen LogP contribution in [0.4, 0.5) is 0 Å². The fourth-order valence-electron chi connectivity index (χ4n) is 1.01. The maximum absolute atomic E-state index is 9.30. The highest BCUT2D eigenvalue weighted by molar-refractivity contribution is 8.00. The first-order valence-electron chi connectivity index (χ1n) is 4.71. The molecule has 0 aromatic carbocycles. The lowest BCUT2D eigenvalue weighted by molar-refractivity contribution is 0.198. The number of aromatic nitrogens is 1. The van der Waals surface area contributed by atoms with Crippen molar-refractivity contribution in [3.8, 4) is 0 Å². The maximum atomic E-state index is 9.30. The van der Waals surface area contributed by atoms with Crippen molar-refractivity contribution in [3.63, 3.8) is 0 Å². The minimum Gasteiger partial charge on any atom is -0.389 e. The van der Waals surface area contributed by atoms with Crippen LogP contribution in [0.3, 0.4) is 0 Å². The number of hydrogen-bond donors (Lipinski definition) is 1. The number of thioether (sulfide) groups is 1. The molecule has 0 radical (unpaired) electrons. The largest absolute Gasteiger partial charge is 0.389 e. The summed E-state index contributed by atoms with van der Waals surface area (Å²) in [5.74, 6) is 0. The van der Waals surface area contributed by atoms with E-state index in [-0.39, 0.29) is 4.75 Å². The molecule has 1 rings (SSSR count). The first-order valence-corrected chi connectivity index (χ1v) is 5.53. The molecule has 3 heteroatoms. The van der Waals surface area contributed by atoms with E-state index in [1.54, 1.807) is 24.9 Å². The molecule has 1 heterocycles. The monoisotopic (exact) mass is 211 g/mol. The molecule has 0 spiro atoms. The number of pyridine rings is 1. The molecular weight excluding hydrogens is 194 g/mol. The Morgan fingerprint density at radius 2 is 2.00 bits per heavy atom. The van der Waals surface area contributed by atoms with Gasteiger partial charge >= 0.3 is 0 Å². The van der Waals surface area contributed by atoms with Crippen molar-refractivity contribution < 1.29 is 5.11 Å². The minimum absolute atomic E-state index is 0.180. The van der Waals surface area contributed by atoms with Gasteiger partial charge in [-0.2, -0.15) is 0 Å². The Morgan fingerprint density at radius 1 is 1.36 bits per heavy atom. The molecule has 0 amide bonds. The van der Waals surface area contributed by atoms with Gasteiger partial charge in [0, 0.05) is 10.9 Å². The van der Waals surface area contributed by atoms with Gasteiger partial charge in [-0.1, -0.05) is 26.8 Å². The van der Waals surface area contributed by atoms with Crippen LogP contribution in [0.25, 0.3) is 0 Å². The highest BCUT2D eigenvalue weighted by atomic mass is 32.2. The van der Waals surface area contributed by atoms with E-state index >= 15 is 0 Å². The van der Waals surface area contributed by atoms with Crippen LogP contribution in [0.2, 0.25) is 0 Å². The quantitative estimate of drug-likeness (QED) is 0.763. The normalized spacial score (nSPS) is 14.1. The molecule has 0 saturated heterocycles. The van der Waals surface area contributed by atoms with E-state index in [9.17, 15) is 5.11 Å². The molecule has 1 atom stereocenters. The van der Waals surface area contributed by atoms with Gasteiger partial charge in [0.25, 0.3) is 0 Å². The SMILES string of the molecule is CC(O)c1ccc(SC(C)(C)C)nc1. The zero-order chi connectivity index (χ0) is 10.8. The number of aliphatic hydroxyl groups excluding tert-OH is 1. The fraction of sp³-hybridized carbons (Fsp3) is 0.545. The standard InChI is InChI=1S/C11H17NOS/c1-8(13)9-5-6-10(12-7-9)14-11(2,3)4/h5-8,13H,1-4H3. The second-order valence-electron chi connectivity index (χ2n) is 4.32. The van der Waals surface area contributed by atoms with Gasteiger partial charge in [-0.05, 0) is 18.6 Å². The van der Waals surface area contributed by atoms with Crippen LogP contribution in [0.5, 0.6) is 0 Å². The molecule has 1 N–H and O–H groups in total. The molecule has 14 heavy (non-hydrogen) atoms. The Balaban J connectivity index is 2.74. The summed E-state index contributed by atoms with van der Waals surface area (Å²) in [6.45, 7) is 8.21. The lowest BCUT2D eigenvalue weighted by atomic mass is 10.2. The van der Waals surface area contributed by atoms with Crippen LogP contribution in [0.15, 0.2) is 23.4 Å². The van der Waals surface area contributed by atoms with E-state index < -0.39 is 6.10 Å². The van der Waals surface area contributed by atoms with Crippen molar-refractivity contribution in [1.82, 2.24) is 4.98 Å². The average Bonchev–Trinajstić information content (AvgIpc) is 2.02. The molecule has 2 nitrogen and oxygen atoms in total. The smallest absolute Gasteiger partial charge is 0.0965 e. The second kappa shape index (κ2) is 4.32. The van der Waals surface area contributed by atoms with Crippen LogP contribution in [-0.4, -0.2) is 14.8 Å². The Morgan fingerprint density at radius 3 is 2.36 bits per heavy atom. The Hall–Kier alpha value is -0.540. The fourth-order valence-corrected chi connectivity index (χ4v) is 1.88. The summed E-state index contributed by atoms with van der Waals surface area (Å²) in [6, 6.07) is 3.88. The molecular formula is C11H17NOS. The van der Waals surface area contributed by atoms with Gasteiger partial charge < -0.3 is 5.11 Å². The van der Waals surface area contributed by atoms with Crippen LogP contribution >= 0.6 is 11.8 Å². The van der Waals surface area contributed by atoms with E-state index in [0.29, 0.717) is 0 Å². The topological polar surface area (TPSA) is 33.1 Å². The lowest BCUT2D eigenvalue weighted by Crippen LogP contribution is -2.07. The number of nitrogens with zero attached hydrogens (tertiary/aromatic N) is 1. The molecule has 0 saturated carbocycles. The van der Waals surface area contributed by atoms with Gasteiger partial charge in [-0.15, -0.1) is 11.8 Å². The van der Waals surface area contributed by atoms with E-state index in [2.05, 4.69) is 25.8 Å².